The number of rotatable bonds is 3. The Morgan fingerprint density at radius 1 is 1.18 bits per heavy atom. The fourth-order valence-electron chi connectivity index (χ4n) is 1.77. The number of aromatic amines is 1. The first kappa shape index (κ1) is 12.3. The fraction of sp³-hybridized carbons (Fsp3) is 0.231. The Morgan fingerprint density at radius 2 is 1.82 bits per heavy atom. The lowest BCUT2D eigenvalue weighted by Gasteiger charge is -2.18. The molecule has 0 radical (unpaired) electrons. The van der Waals surface area contributed by atoms with Crippen molar-refractivity contribution in [3.05, 3.63) is 40.5 Å². The molecule has 2 rings (SSSR count). The molecule has 0 aliphatic carbocycles. The summed E-state index contributed by atoms with van der Waals surface area (Å²) in [5, 5.41) is 1.07. The Balaban J connectivity index is 2.58. The summed E-state index contributed by atoms with van der Waals surface area (Å²) in [6, 6.07) is 10.0. The molecular formula is C13H14Cl2N2. The Morgan fingerprint density at radius 3 is 2.41 bits per heavy atom. The van der Waals surface area contributed by atoms with Crippen LogP contribution in [-0.2, 0) is 0 Å². The topological polar surface area (TPSA) is 19.0 Å². The van der Waals surface area contributed by atoms with Crippen molar-refractivity contribution in [2.24, 2.45) is 0 Å². The molecule has 0 bridgehead atoms. The maximum Gasteiger partial charge on any atom is 0.127 e. The third-order valence-corrected chi connectivity index (χ3v) is 3.54. The van der Waals surface area contributed by atoms with Crippen LogP contribution in [0.3, 0.4) is 0 Å². The first-order valence-corrected chi connectivity index (χ1v) is 6.24. The summed E-state index contributed by atoms with van der Waals surface area (Å²) in [5.41, 5.74) is 2.99. The highest BCUT2D eigenvalue weighted by atomic mass is 35.5. The van der Waals surface area contributed by atoms with Gasteiger partial charge in [0.05, 0.1) is 11.4 Å². The number of anilines is 1. The molecule has 0 aliphatic rings. The predicted molar refractivity (Wildman–Crippen MR) is 75.2 cm³/mol. The van der Waals surface area contributed by atoms with E-state index < -0.39 is 0 Å². The number of nitrogens with zero attached hydrogens (tertiary/aromatic N) is 1. The van der Waals surface area contributed by atoms with Crippen LogP contribution in [0, 0.1) is 0 Å². The third kappa shape index (κ3) is 2.28. The van der Waals surface area contributed by atoms with Crippen LogP contribution in [0.2, 0.25) is 10.2 Å². The molecule has 0 aliphatic heterocycles. The largest absolute Gasteiger partial charge is 0.372 e. The molecule has 2 aromatic rings. The second-order valence-corrected chi connectivity index (χ2v) is 4.61. The molecule has 1 aromatic heterocycles. The van der Waals surface area contributed by atoms with Crippen LogP contribution in [-0.4, -0.2) is 18.6 Å². The molecule has 0 fully saturated rings. The summed E-state index contributed by atoms with van der Waals surface area (Å²) in [4.78, 5) is 5.21. The summed E-state index contributed by atoms with van der Waals surface area (Å²) >= 11 is 12.3. The number of hydrogen-bond acceptors (Lipinski definition) is 1. The van der Waals surface area contributed by atoms with Gasteiger partial charge in [-0.05, 0) is 6.92 Å². The minimum Gasteiger partial charge on any atom is -0.372 e. The van der Waals surface area contributed by atoms with Gasteiger partial charge in [-0.1, -0.05) is 53.5 Å². The van der Waals surface area contributed by atoms with E-state index in [4.69, 9.17) is 23.2 Å². The summed E-state index contributed by atoms with van der Waals surface area (Å²) in [7, 11) is 2.00. The van der Waals surface area contributed by atoms with Gasteiger partial charge in [0.1, 0.15) is 10.2 Å². The molecule has 17 heavy (non-hydrogen) atoms. The van der Waals surface area contributed by atoms with Crippen molar-refractivity contribution in [1.29, 1.82) is 0 Å². The monoisotopic (exact) mass is 268 g/mol. The van der Waals surface area contributed by atoms with E-state index in [0.717, 1.165) is 23.5 Å². The van der Waals surface area contributed by atoms with Crippen LogP contribution in [0.4, 0.5) is 5.69 Å². The molecule has 90 valence electrons. The Hall–Kier alpha value is -1.12. The molecule has 2 nitrogen and oxygen atoms in total. The van der Waals surface area contributed by atoms with Crippen LogP contribution in [0.15, 0.2) is 30.3 Å². The Bertz CT molecular complexity index is 506. The number of aromatic nitrogens is 1. The van der Waals surface area contributed by atoms with E-state index in [1.54, 1.807) is 0 Å². The SMILES string of the molecule is CCN(C)c1c(-c2ccccc2)[nH]c(Cl)c1Cl. The van der Waals surface area contributed by atoms with Crippen molar-refractivity contribution in [3.63, 3.8) is 0 Å². The number of halogens is 2. The van der Waals surface area contributed by atoms with Gasteiger partial charge in [-0.15, -0.1) is 0 Å². The van der Waals surface area contributed by atoms with Gasteiger partial charge >= 0.3 is 0 Å². The Labute approximate surface area is 111 Å². The Kier molecular flexibility index (Phi) is 3.65. The van der Waals surface area contributed by atoms with Gasteiger partial charge in [0, 0.05) is 19.2 Å². The average Bonchev–Trinajstić information content (AvgIpc) is 2.66. The quantitative estimate of drug-likeness (QED) is 0.872. The van der Waals surface area contributed by atoms with Gasteiger partial charge < -0.3 is 9.88 Å². The highest BCUT2D eigenvalue weighted by molar-refractivity contribution is 6.44. The third-order valence-electron chi connectivity index (χ3n) is 2.79. The minimum atomic E-state index is 0.487. The molecule has 1 N–H and O–H groups in total. The number of H-pyrrole nitrogens is 1. The molecule has 0 atom stereocenters. The van der Waals surface area contributed by atoms with Gasteiger partial charge in [0.2, 0.25) is 0 Å². The van der Waals surface area contributed by atoms with Crippen LogP contribution >= 0.6 is 23.2 Å². The van der Waals surface area contributed by atoms with E-state index in [1.807, 2.05) is 37.4 Å². The molecular weight excluding hydrogens is 255 g/mol. The van der Waals surface area contributed by atoms with Crippen molar-refractivity contribution >= 4 is 28.9 Å². The summed E-state index contributed by atoms with van der Waals surface area (Å²) < 4.78 is 0. The number of nitrogens with one attached hydrogen (secondary N) is 1. The smallest absolute Gasteiger partial charge is 0.127 e. The number of hydrogen-bond donors (Lipinski definition) is 1. The molecule has 0 saturated heterocycles. The molecule has 0 amide bonds. The van der Waals surface area contributed by atoms with E-state index in [-0.39, 0.29) is 0 Å². The van der Waals surface area contributed by atoms with E-state index in [0.29, 0.717) is 10.2 Å². The summed E-state index contributed by atoms with van der Waals surface area (Å²) in [6.45, 7) is 2.94. The lowest BCUT2D eigenvalue weighted by Crippen LogP contribution is -2.16. The normalized spacial score (nSPS) is 10.6. The zero-order valence-electron chi connectivity index (χ0n) is 9.80. The lowest BCUT2D eigenvalue weighted by atomic mass is 10.1. The van der Waals surface area contributed by atoms with Gasteiger partial charge in [-0.3, -0.25) is 0 Å². The average molecular weight is 269 g/mol. The summed E-state index contributed by atoms with van der Waals surface area (Å²) in [5.74, 6) is 0. The molecule has 1 aromatic carbocycles. The second-order valence-electron chi connectivity index (χ2n) is 3.86. The predicted octanol–water partition coefficient (Wildman–Crippen LogP) is 4.44. The van der Waals surface area contributed by atoms with E-state index in [2.05, 4.69) is 16.8 Å². The van der Waals surface area contributed by atoms with Crippen molar-refractivity contribution < 1.29 is 0 Å². The van der Waals surface area contributed by atoms with Gasteiger partial charge in [0.15, 0.2) is 0 Å². The highest BCUT2D eigenvalue weighted by Crippen LogP contribution is 2.40. The van der Waals surface area contributed by atoms with Crippen LogP contribution in [0.5, 0.6) is 0 Å². The standard InChI is InChI=1S/C13H14Cl2N2/c1-3-17(2)12-10(14)13(15)16-11(12)9-7-5-4-6-8-9/h4-8,16H,3H2,1-2H3. The number of benzene rings is 1. The lowest BCUT2D eigenvalue weighted by molar-refractivity contribution is 0.971. The second kappa shape index (κ2) is 5.03. The van der Waals surface area contributed by atoms with Gasteiger partial charge in [-0.25, -0.2) is 0 Å². The molecule has 0 unspecified atom stereocenters. The maximum absolute atomic E-state index is 6.23. The minimum absolute atomic E-state index is 0.487. The van der Waals surface area contributed by atoms with Crippen molar-refractivity contribution in [2.75, 3.05) is 18.5 Å². The van der Waals surface area contributed by atoms with Crippen molar-refractivity contribution in [1.82, 2.24) is 4.98 Å². The molecule has 0 spiro atoms. The molecule has 0 saturated carbocycles. The van der Waals surface area contributed by atoms with Crippen molar-refractivity contribution in [2.45, 2.75) is 6.92 Å². The van der Waals surface area contributed by atoms with Gasteiger partial charge in [0.25, 0.3) is 0 Å². The molecule has 1 heterocycles. The van der Waals surface area contributed by atoms with E-state index in [9.17, 15) is 0 Å². The van der Waals surface area contributed by atoms with Crippen LogP contribution in [0.1, 0.15) is 6.92 Å². The van der Waals surface area contributed by atoms with Gasteiger partial charge in [-0.2, -0.15) is 0 Å². The van der Waals surface area contributed by atoms with E-state index in [1.165, 1.54) is 0 Å². The first-order valence-electron chi connectivity index (χ1n) is 5.48. The first-order chi connectivity index (χ1) is 8.15. The zero-order chi connectivity index (χ0) is 12.4. The zero-order valence-corrected chi connectivity index (χ0v) is 11.3. The van der Waals surface area contributed by atoms with E-state index >= 15 is 0 Å². The van der Waals surface area contributed by atoms with Crippen molar-refractivity contribution in [3.8, 4) is 11.3 Å². The van der Waals surface area contributed by atoms with Crippen LogP contribution in [0.25, 0.3) is 11.3 Å². The fourth-order valence-corrected chi connectivity index (χ4v) is 2.24. The highest BCUT2D eigenvalue weighted by Gasteiger charge is 2.18. The summed E-state index contributed by atoms with van der Waals surface area (Å²) in [6.07, 6.45) is 0. The van der Waals surface area contributed by atoms with Crippen LogP contribution < -0.4 is 4.90 Å². The maximum atomic E-state index is 6.23. The molecule has 4 heteroatoms.